The van der Waals surface area contributed by atoms with Crippen molar-refractivity contribution in [3.8, 4) is 34.3 Å². The molecule has 6 rings (SSSR count). The maximum atomic E-state index is 15.2. The van der Waals surface area contributed by atoms with Gasteiger partial charge in [-0.2, -0.15) is 0 Å². The van der Waals surface area contributed by atoms with E-state index >= 15 is 4.39 Å². The van der Waals surface area contributed by atoms with Crippen molar-refractivity contribution in [1.29, 1.82) is 0 Å². The number of benzene rings is 3. The van der Waals surface area contributed by atoms with E-state index in [0.29, 0.717) is 34.8 Å². The highest BCUT2D eigenvalue weighted by Gasteiger charge is 2.17. The smallest absolute Gasteiger partial charge is 0.293 e. The topological polar surface area (TPSA) is 98.7 Å². The minimum atomic E-state index is -0.833. The molecule has 1 saturated heterocycles. The van der Waals surface area contributed by atoms with Gasteiger partial charge in [-0.1, -0.05) is 6.42 Å². The maximum absolute atomic E-state index is 15.2. The Balaban J connectivity index is 1.13. The Labute approximate surface area is 269 Å². The summed E-state index contributed by atoms with van der Waals surface area (Å²) in [6.45, 7) is 3.79. The third-order valence-electron chi connectivity index (χ3n) is 7.79. The summed E-state index contributed by atoms with van der Waals surface area (Å²) in [5, 5.41) is 3.12. The Morgan fingerprint density at radius 2 is 1.68 bits per heavy atom. The van der Waals surface area contributed by atoms with Gasteiger partial charge in [0.25, 0.3) is 5.91 Å². The van der Waals surface area contributed by atoms with Crippen molar-refractivity contribution in [2.24, 2.45) is 0 Å². The van der Waals surface area contributed by atoms with Crippen molar-refractivity contribution in [1.82, 2.24) is 19.9 Å². The standard InChI is InChI=1S/C35H32F3N5O4/c1-45-32-20-25-29(21-33(32)46-17-5-16-43-14-3-2-4-15-43)39-13-11-30(25)47-31-9-7-23(19-27(31)38)41-35(44)34-40-12-10-28(42-34)24-8-6-22(36)18-26(24)37/h6-13,18-21H,2-5,14-17H2,1H3,(H,41,44). The van der Waals surface area contributed by atoms with Crippen LogP contribution < -0.4 is 19.5 Å². The molecule has 1 aliphatic rings. The van der Waals surface area contributed by atoms with E-state index in [1.165, 1.54) is 49.7 Å². The molecule has 0 bridgehead atoms. The number of pyridine rings is 1. The number of amides is 1. The average Bonchev–Trinajstić information content (AvgIpc) is 3.08. The van der Waals surface area contributed by atoms with E-state index in [9.17, 15) is 13.6 Å². The predicted octanol–water partition coefficient (Wildman–Crippen LogP) is 7.42. The minimum absolute atomic E-state index is 0.00336. The van der Waals surface area contributed by atoms with E-state index in [0.717, 1.165) is 44.3 Å². The van der Waals surface area contributed by atoms with Crippen LogP contribution in [-0.4, -0.2) is 59.1 Å². The van der Waals surface area contributed by atoms with Crippen molar-refractivity contribution in [3.63, 3.8) is 0 Å². The molecule has 3 heterocycles. The molecule has 0 spiro atoms. The van der Waals surface area contributed by atoms with E-state index in [1.807, 2.05) is 0 Å². The Morgan fingerprint density at radius 1 is 0.851 bits per heavy atom. The fourth-order valence-corrected chi connectivity index (χ4v) is 5.43. The fraction of sp³-hybridized carbons (Fsp3) is 0.257. The van der Waals surface area contributed by atoms with Crippen LogP contribution in [-0.2, 0) is 0 Å². The molecule has 0 radical (unpaired) electrons. The monoisotopic (exact) mass is 643 g/mol. The van der Waals surface area contributed by atoms with Gasteiger partial charge in [0.15, 0.2) is 23.1 Å². The number of hydrogen-bond donors (Lipinski definition) is 1. The predicted molar refractivity (Wildman–Crippen MR) is 171 cm³/mol. The average molecular weight is 644 g/mol. The zero-order valence-corrected chi connectivity index (χ0v) is 25.6. The van der Waals surface area contributed by atoms with Crippen LogP contribution in [0.1, 0.15) is 36.3 Å². The SMILES string of the molecule is COc1cc2c(Oc3ccc(NC(=O)c4nccc(-c5ccc(F)cc5F)n4)cc3F)ccnc2cc1OCCCN1CCCCC1. The molecule has 242 valence electrons. The number of aromatic nitrogens is 3. The lowest BCUT2D eigenvalue weighted by Gasteiger charge is -2.26. The van der Waals surface area contributed by atoms with Crippen molar-refractivity contribution < 1.29 is 32.2 Å². The third-order valence-corrected chi connectivity index (χ3v) is 7.79. The van der Waals surface area contributed by atoms with E-state index in [1.54, 1.807) is 31.5 Å². The van der Waals surface area contributed by atoms with Crippen molar-refractivity contribution in [2.75, 3.05) is 38.7 Å². The van der Waals surface area contributed by atoms with Crippen LogP contribution in [0, 0.1) is 17.5 Å². The van der Waals surface area contributed by atoms with Gasteiger partial charge < -0.3 is 24.4 Å². The number of nitrogens with one attached hydrogen (secondary N) is 1. The molecule has 0 aliphatic carbocycles. The molecular weight excluding hydrogens is 611 g/mol. The highest BCUT2D eigenvalue weighted by Crippen LogP contribution is 2.38. The number of nitrogens with zero attached hydrogens (tertiary/aromatic N) is 4. The van der Waals surface area contributed by atoms with Gasteiger partial charge in [-0.25, -0.2) is 23.1 Å². The molecule has 1 amide bonds. The van der Waals surface area contributed by atoms with Gasteiger partial charge in [-0.15, -0.1) is 0 Å². The summed E-state index contributed by atoms with van der Waals surface area (Å²) in [5.74, 6) is -2.02. The maximum Gasteiger partial charge on any atom is 0.293 e. The summed E-state index contributed by atoms with van der Waals surface area (Å²) in [6.07, 6.45) is 7.52. The summed E-state index contributed by atoms with van der Waals surface area (Å²) in [4.78, 5) is 27.8. The molecular formula is C35H32F3N5O4. The van der Waals surface area contributed by atoms with Crippen LogP contribution in [0.5, 0.6) is 23.0 Å². The number of carbonyl (C=O) groups is 1. The number of methoxy groups -OCH3 is 1. The molecule has 5 aromatic rings. The normalized spacial score (nSPS) is 13.4. The molecule has 12 heteroatoms. The Bertz CT molecular complexity index is 1900. The third kappa shape index (κ3) is 7.60. The van der Waals surface area contributed by atoms with E-state index < -0.39 is 23.4 Å². The first-order chi connectivity index (χ1) is 22.9. The van der Waals surface area contributed by atoms with Gasteiger partial charge >= 0.3 is 0 Å². The summed E-state index contributed by atoms with van der Waals surface area (Å²) >= 11 is 0. The lowest BCUT2D eigenvalue weighted by atomic mass is 10.1. The number of hydrogen-bond acceptors (Lipinski definition) is 8. The second-order valence-corrected chi connectivity index (χ2v) is 11.0. The van der Waals surface area contributed by atoms with Crippen LogP contribution >= 0.6 is 0 Å². The first-order valence-electron chi connectivity index (χ1n) is 15.3. The minimum Gasteiger partial charge on any atom is -0.493 e. The molecule has 0 saturated carbocycles. The van der Waals surface area contributed by atoms with Crippen LogP contribution in [0.3, 0.4) is 0 Å². The Hall–Kier alpha value is -5.23. The zero-order chi connectivity index (χ0) is 32.8. The summed E-state index contributed by atoms with van der Waals surface area (Å²) in [7, 11) is 1.55. The van der Waals surface area contributed by atoms with Crippen molar-refractivity contribution >= 4 is 22.5 Å². The van der Waals surface area contributed by atoms with Crippen molar-refractivity contribution in [3.05, 3.63) is 96.3 Å². The van der Waals surface area contributed by atoms with Crippen molar-refractivity contribution in [2.45, 2.75) is 25.7 Å². The number of ether oxygens (including phenoxy) is 3. The second kappa shape index (κ2) is 14.5. The molecule has 47 heavy (non-hydrogen) atoms. The van der Waals surface area contributed by atoms with Gasteiger partial charge in [0.2, 0.25) is 5.82 Å². The lowest BCUT2D eigenvalue weighted by molar-refractivity contribution is 0.101. The molecule has 1 aliphatic heterocycles. The second-order valence-electron chi connectivity index (χ2n) is 11.0. The number of piperidine rings is 1. The van der Waals surface area contributed by atoms with E-state index in [-0.39, 0.29) is 28.5 Å². The summed E-state index contributed by atoms with van der Waals surface area (Å²) in [6, 6.07) is 13.5. The number of likely N-dealkylation sites (tertiary alicyclic amines) is 1. The van der Waals surface area contributed by atoms with E-state index in [2.05, 4.69) is 25.2 Å². The first kappa shape index (κ1) is 31.7. The van der Waals surface area contributed by atoms with Crippen LogP contribution in [0.15, 0.2) is 73.1 Å². The van der Waals surface area contributed by atoms with Gasteiger partial charge in [0.1, 0.15) is 17.4 Å². The van der Waals surface area contributed by atoms with Crippen LogP contribution in [0.2, 0.25) is 0 Å². The van der Waals surface area contributed by atoms with Crippen LogP contribution in [0.25, 0.3) is 22.2 Å². The summed E-state index contributed by atoms with van der Waals surface area (Å²) in [5.41, 5.74) is 0.792. The zero-order valence-electron chi connectivity index (χ0n) is 25.6. The van der Waals surface area contributed by atoms with Gasteiger partial charge in [0, 0.05) is 53.8 Å². The number of carbonyl (C=O) groups excluding carboxylic acids is 1. The lowest BCUT2D eigenvalue weighted by Crippen LogP contribution is -2.31. The number of fused-ring (bicyclic) bond motifs is 1. The van der Waals surface area contributed by atoms with Gasteiger partial charge in [-0.05, 0) is 74.8 Å². The fourth-order valence-electron chi connectivity index (χ4n) is 5.43. The van der Waals surface area contributed by atoms with E-state index in [4.69, 9.17) is 14.2 Å². The molecule has 3 aromatic carbocycles. The van der Waals surface area contributed by atoms with Gasteiger partial charge in [-0.3, -0.25) is 9.78 Å². The summed E-state index contributed by atoms with van der Waals surface area (Å²) < 4.78 is 60.4. The Kier molecular flexibility index (Phi) is 9.77. The molecule has 2 aromatic heterocycles. The van der Waals surface area contributed by atoms with Gasteiger partial charge in [0.05, 0.1) is 24.9 Å². The quantitative estimate of drug-likeness (QED) is 0.149. The molecule has 1 N–H and O–H groups in total. The molecule has 0 atom stereocenters. The molecule has 9 nitrogen and oxygen atoms in total. The molecule has 1 fully saturated rings. The Morgan fingerprint density at radius 3 is 2.47 bits per heavy atom. The number of halogens is 3. The number of anilines is 1. The molecule has 0 unspecified atom stereocenters. The highest BCUT2D eigenvalue weighted by molar-refractivity contribution is 6.01. The highest BCUT2D eigenvalue weighted by atomic mass is 19.1. The number of rotatable bonds is 11. The van der Waals surface area contributed by atoms with Crippen LogP contribution in [0.4, 0.5) is 18.9 Å². The first-order valence-corrected chi connectivity index (χ1v) is 15.3. The largest absolute Gasteiger partial charge is 0.493 e.